The number of fused-ring (bicyclic) bond motifs is 5. The van der Waals surface area contributed by atoms with Crippen LogP contribution in [0.25, 0.3) is 0 Å². The van der Waals surface area contributed by atoms with Crippen molar-refractivity contribution in [2.24, 2.45) is 40.9 Å². The molecule has 7 atom stereocenters. The molecule has 2 bridgehead atoms. The smallest absolute Gasteiger partial charge is 0.312 e. The minimum absolute atomic E-state index is 0.120. The van der Waals surface area contributed by atoms with Crippen molar-refractivity contribution in [2.45, 2.75) is 71.8 Å². The molecule has 4 saturated carbocycles. The van der Waals surface area contributed by atoms with E-state index in [9.17, 15) is 4.79 Å². The number of esters is 1. The molecule has 0 spiro atoms. The summed E-state index contributed by atoms with van der Waals surface area (Å²) in [6.45, 7) is 6.67. The number of carbonyl (C=O) groups excluding carboxylic acids is 1. The highest BCUT2D eigenvalue weighted by Crippen LogP contribution is 2.61. The van der Waals surface area contributed by atoms with Crippen molar-refractivity contribution in [2.75, 3.05) is 0 Å². The maximum Gasteiger partial charge on any atom is 0.312 e. The van der Waals surface area contributed by atoms with Crippen LogP contribution in [0.4, 0.5) is 0 Å². The lowest BCUT2D eigenvalue weighted by molar-refractivity contribution is -0.161. The van der Waals surface area contributed by atoms with Crippen LogP contribution in [0.2, 0.25) is 0 Å². The first-order valence-electron chi connectivity index (χ1n) is 9.22. The minimum atomic E-state index is -0.120. The third kappa shape index (κ3) is 2.08. The summed E-state index contributed by atoms with van der Waals surface area (Å²) in [4.78, 5) is 12.8. The van der Waals surface area contributed by atoms with Crippen molar-refractivity contribution >= 4 is 5.97 Å². The SMILES string of the molecule is CC(C)CC1(C(=O)OC2CC3CC2C2CCCC32)CC1C. The van der Waals surface area contributed by atoms with Gasteiger partial charge < -0.3 is 4.74 Å². The molecule has 0 aromatic heterocycles. The number of hydrogen-bond acceptors (Lipinski definition) is 2. The quantitative estimate of drug-likeness (QED) is 0.716. The fourth-order valence-electron chi connectivity index (χ4n) is 6.26. The Balaban J connectivity index is 1.42. The molecule has 7 unspecified atom stereocenters. The van der Waals surface area contributed by atoms with E-state index in [1.807, 2.05) is 0 Å². The fourth-order valence-corrected chi connectivity index (χ4v) is 6.26. The van der Waals surface area contributed by atoms with Gasteiger partial charge in [0.2, 0.25) is 0 Å². The first-order valence-corrected chi connectivity index (χ1v) is 9.22. The highest BCUT2D eigenvalue weighted by molar-refractivity contribution is 5.80. The lowest BCUT2D eigenvalue weighted by Crippen LogP contribution is -2.35. The van der Waals surface area contributed by atoms with Gasteiger partial charge in [0.05, 0.1) is 5.41 Å². The lowest BCUT2D eigenvalue weighted by Gasteiger charge is -2.32. The Morgan fingerprint density at radius 2 is 1.90 bits per heavy atom. The highest BCUT2D eigenvalue weighted by atomic mass is 16.5. The molecule has 4 aliphatic carbocycles. The van der Waals surface area contributed by atoms with Crippen molar-refractivity contribution in [1.82, 2.24) is 0 Å². The Kier molecular flexibility index (Phi) is 3.17. The molecule has 21 heavy (non-hydrogen) atoms. The van der Waals surface area contributed by atoms with Gasteiger partial charge in [-0.15, -0.1) is 0 Å². The van der Waals surface area contributed by atoms with Crippen LogP contribution in [0.3, 0.4) is 0 Å². The number of rotatable bonds is 4. The Morgan fingerprint density at radius 1 is 1.19 bits per heavy atom. The average molecular weight is 290 g/mol. The molecule has 4 rings (SSSR count). The number of carbonyl (C=O) groups is 1. The summed E-state index contributed by atoms with van der Waals surface area (Å²) in [6, 6.07) is 0. The normalized spacial score (nSPS) is 50.5. The summed E-state index contributed by atoms with van der Waals surface area (Å²) >= 11 is 0. The molecule has 0 aromatic rings. The zero-order valence-corrected chi connectivity index (χ0v) is 13.8. The Morgan fingerprint density at radius 3 is 2.57 bits per heavy atom. The molecule has 2 nitrogen and oxygen atoms in total. The van der Waals surface area contributed by atoms with E-state index in [1.165, 1.54) is 32.1 Å². The van der Waals surface area contributed by atoms with E-state index in [-0.39, 0.29) is 17.5 Å². The van der Waals surface area contributed by atoms with Crippen LogP contribution in [-0.4, -0.2) is 12.1 Å². The van der Waals surface area contributed by atoms with Gasteiger partial charge in [0, 0.05) is 0 Å². The fraction of sp³-hybridized carbons (Fsp3) is 0.947. The maximum absolute atomic E-state index is 12.8. The van der Waals surface area contributed by atoms with E-state index in [4.69, 9.17) is 4.74 Å². The molecule has 0 radical (unpaired) electrons. The largest absolute Gasteiger partial charge is 0.462 e. The van der Waals surface area contributed by atoms with Crippen molar-refractivity contribution in [3.8, 4) is 0 Å². The molecule has 0 amide bonds. The predicted molar refractivity (Wildman–Crippen MR) is 82.6 cm³/mol. The summed E-state index contributed by atoms with van der Waals surface area (Å²) in [5.74, 6) is 4.71. The van der Waals surface area contributed by atoms with Crippen LogP contribution in [0, 0.1) is 40.9 Å². The number of ether oxygens (including phenoxy) is 1. The molecule has 4 fully saturated rings. The minimum Gasteiger partial charge on any atom is -0.462 e. The van der Waals surface area contributed by atoms with Crippen LogP contribution in [0.1, 0.15) is 65.7 Å². The first-order chi connectivity index (χ1) is 10.0. The molecular weight excluding hydrogens is 260 g/mol. The van der Waals surface area contributed by atoms with Crippen molar-refractivity contribution in [3.63, 3.8) is 0 Å². The van der Waals surface area contributed by atoms with Crippen LogP contribution in [-0.2, 0) is 9.53 Å². The van der Waals surface area contributed by atoms with Gasteiger partial charge >= 0.3 is 5.97 Å². The summed E-state index contributed by atoms with van der Waals surface area (Å²) in [7, 11) is 0. The summed E-state index contributed by atoms with van der Waals surface area (Å²) in [5, 5.41) is 0. The van der Waals surface area contributed by atoms with Gasteiger partial charge in [0.15, 0.2) is 0 Å². The van der Waals surface area contributed by atoms with Crippen LogP contribution < -0.4 is 0 Å². The van der Waals surface area contributed by atoms with Gasteiger partial charge in [0.1, 0.15) is 6.10 Å². The van der Waals surface area contributed by atoms with E-state index >= 15 is 0 Å². The zero-order valence-electron chi connectivity index (χ0n) is 13.8. The number of hydrogen-bond donors (Lipinski definition) is 0. The first kappa shape index (κ1) is 14.1. The van der Waals surface area contributed by atoms with Gasteiger partial charge in [-0.1, -0.05) is 27.2 Å². The second-order valence-corrected chi connectivity index (χ2v) is 8.96. The van der Waals surface area contributed by atoms with Crippen LogP contribution in [0.15, 0.2) is 0 Å². The van der Waals surface area contributed by atoms with E-state index in [0.717, 1.165) is 30.6 Å². The van der Waals surface area contributed by atoms with E-state index in [0.29, 0.717) is 17.8 Å². The van der Waals surface area contributed by atoms with Gasteiger partial charge in [-0.3, -0.25) is 4.79 Å². The topological polar surface area (TPSA) is 26.3 Å². The Hall–Kier alpha value is -0.530. The third-order valence-electron chi connectivity index (χ3n) is 7.26. The van der Waals surface area contributed by atoms with Crippen LogP contribution >= 0.6 is 0 Å². The van der Waals surface area contributed by atoms with Crippen LogP contribution in [0.5, 0.6) is 0 Å². The molecule has 2 heteroatoms. The van der Waals surface area contributed by atoms with Gasteiger partial charge in [-0.05, 0) is 74.0 Å². The van der Waals surface area contributed by atoms with Gasteiger partial charge in [-0.2, -0.15) is 0 Å². The molecule has 4 aliphatic rings. The Labute approximate surface area is 129 Å². The van der Waals surface area contributed by atoms with E-state index < -0.39 is 0 Å². The average Bonchev–Trinajstić information content (AvgIpc) is 2.82. The van der Waals surface area contributed by atoms with Gasteiger partial charge in [-0.25, -0.2) is 0 Å². The molecule has 0 saturated heterocycles. The van der Waals surface area contributed by atoms with Crippen molar-refractivity contribution < 1.29 is 9.53 Å². The summed E-state index contributed by atoms with van der Waals surface area (Å²) in [5.41, 5.74) is -0.120. The molecular formula is C19H30O2. The van der Waals surface area contributed by atoms with Crippen molar-refractivity contribution in [3.05, 3.63) is 0 Å². The van der Waals surface area contributed by atoms with E-state index in [2.05, 4.69) is 20.8 Å². The molecule has 0 aliphatic heterocycles. The van der Waals surface area contributed by atoms with Crippen molar-refractivity contribution in [1.29, 1.82) is 0 Å². The highest BCUT2D eigenvalue weighted by Gasteiger charge is 2.61. The second-order valence-electron chi connectivity index (χ2n) is 8.96. The lowest BCUT2D eigenvalue weighted by atomic mass is 9.80. The zero-order chi connectivity index (χ0) is 14.8. The van der Waals surface area contributed by atoms with E-state index in [1.54, 1.807) is 0 Å². The van der Waals surface area contributed by atoms with Gasteiger partial charge in [0.25, 0.3) is 0 Å². The standard InChI is InChI=1S/C19H30O2/c1-11(2)9-19(10-12(19)3)18(20)21-17-8-13-7-16(17)15-6-4-5-14(13)15/h11-17H,4-10H2,1-3H3. The third-order valence-corrected chi connectivity index (χ3v) is 7.26. The second kappa shape index (κ2) is 4.73. The molecule has 0 aromatic carbocycles. The summed E-state index contributed by atoms with van der Waals surface area (Å²) in [6.07, 6.45) is 9.10. The summed E-state index contributed by atoms with van der Waals surface area (Å²) < 4.78 is 6.11. The molecule has 0 N–H and O–H groups in total. The monoisotopic (exact) mass is 290 g/mol. The molecule has 0 heterocycles. The maximum atomic E-state index is 12.8. The molecule has 118 valence electrons. The Bertz CT molecular complexity index is 443. The predicted octanol–water partition coefficient (Wildman–Crippen LogP) is 4.43.